The van der Waals surface area contributed by atoms with Crippen molar-refractivity contribution in [2.75, 3.05) is 6.61 Å². The third kappa shape index (κ3) is 3.45. The van der Waals surface area contributed by atoms with Crippen molar-refractivity contribution in [2.24, 2.45) is 5.92 Å². The number of nitriles is 1. The first-order valence-corrected chi connectivity index (χ1v) is 7.27. The number of ether oxygens (including phenoxy) is 1. The van der Waals surface area contributed by atoms with Gasteiger partial charge in [0.05, 0.1) is 23.7 Å². The zero-order chi connectivity index (χ0) is 17.0. The van der Waals surface area contributed by atoms with Crippen LogP contribution in [-0.4, -0.2) is 18.4 Å². The van der Waals surface area contributed by atoms with Crippen LogP contribution in [0.15, 0.2) is 29.3 Å². The summed E-state index contributed by atoms with van der Waals surface area (Å²) in [6, 6.07) is 4.81. The highest BCUT2D eigenvalue weighted by Gasteiger charge is 2.32. The molecule has 4 nitrogen and oxygen atoms in total. The van der Waals surface area contributed by atoms with E-state index in [1.807, 2.05) is 0 Å². The lowest BCUT2D eigenvalue weighted by molar-refractivity contribution is -0.147. The number of hydrogen-bond acceptors (Lipinski definition) is 4. The fourth-order valence-corrected chi connectivity index (χ4v) is 2.67. The Bertz CT molecular complexity index is 699. The van der Waals surface area contributed by atoms with Crippen LogP contribution in [0.5, 0.6) is 0 Å². The van der Waals surface area contributed by atoms with Gasteiger partial charge in [-0.2, -0.15) is 5.26 Å². The molecule has 0 aromatic heterocycles. The fraction of sp³-hybridized carbons (Fsp3) is 0.353. The lowest BCUT2D eigenvalue weighted by Gasteiger charge is -2.08. The van der Waals surface area contributed by atoms with Gasteiger partial charge in [0.2, 0.25) is 5.78 Å². The summed E-state index contributed by atoms with van der Waals surface area (Å²) >= 11 is 0. The lowest BCUT2D eigenvalue weighted by atomic mass is 9.97. The van der Waals surface area contributed by atoms with E-state index in [2.05, 4.69) is 0 Å². The summed E-state index contributed by atoms with van der Waals surface area (Å²) < 4.78 is 32.4. The van der Waals surface area contributed by atoms with E-state index in [4.69, 9.17) is 4.74 Å². The Kier molecular flexibility index (Phi) is 5.22. The van der Waals surface area contributed by atoms with E-state index in [1.54, 1.807) is 13.0 Å². The average molecular weight is 319 g/mol. The molecule has 23 heavy (non-hydrogen) atoms. The second-order valence-corrected chi connectivity index (χ2v) is 5.21. The normalized spacial score (nSPS) is 19.1. The Morgan fingerprint density at radius 3 is 2.57 bits per heavy atom. The maximum Gasteiger partial charge on any atom is 0.309 e. The number of carbonyl (C=O) groups is 2. The van der Waals surface area contributed by atoms with E-state index < -0.39 is 28.9 Å². The van der Waals surface area contributed by atoms with Crippen molar-refractivity contribution in [2.45, 2.75) is 26.2 Å². The minimum atomic E-state index is -1.01. The number of ketones is 1. The number of Topliss-reactive ketones (excluding diaryl/α,β-unsaturated/α-hetero) is 1. The van der Waals surface area contributed by atoms with Gasteiger partial charge in [-0.15, -0.1) is 0 Å². The van der Waals surface area contributed by atoms with E-state index in [1.165, 1.54) is 0 Å². The van der Waals surface area contributed by atoms with Crippen LogP contribution in [0, 0.1) is 28.9 Å². The summed E-state index contributed by atoms with van der Waals surface area (Å²) in [4.78, 5) is 24.0. The molecule has 1 saturated carbocycles. The highest BCUT2D eigenvalue weighted by Crippen LogP contribution is 2.34. The van der Waals surface area contributed by atoms with Crippen molar-refractivity contribution in [1.82, 2.24) is 0 Å². The lowest BCUT2D eigenvalue weighted by Crippen LogP contribution is -2.14. The number of hydrogen-bond donors (Lipinski definition) is 0. The molecule has 1 aliphatic rings. The van der Waals surface area contributed by atoms with Gasteiger partial charge in [0.1, 0.15) is 17.7 Å². The SMILES string of the molecule is CCOC(=O)C1CCC(=C(C#N)C(=O)c2c(F)cccc2F)C1. The second-order valence-electron chi connectivity index (χ2n) is 5.21. The first-order valence-electron chi connectivity index (χ1n) is 7.27. The first-order chi connectivity index (χ1) is 11.0. The number of halogens is 2. The van der Waals surface area contributed by atoms with Crippen LogP contribution < -0.4 is 0 Å². The van der Waals surface area contributed by atoms with Crippen LogP contribution in [0.25, 0.3) is 0 Å². The van der Waals surface area contributed by atoms with Gasteiger partial charge in [-0.25, -0.2) is 8.78 Å². The molecule has 1 fully saturated rings. The minimum Gasteiger partial charge on any atom is -0.466 e. The van der Waals surface area contributed by atoms with Crippen molar-refractivity contribution in [1.29, 1.82) is 5.26 Å². The molecule has 0 aliphatic heterocycles. The van der Waals surface area contributed by atoms with Gasteiger partial charge in [0.25, 0.3) is 0 Å². The van der Waals surface area contributed by atoms with Crippen molar-refractivity contribution < 1.29 is 23.1 Å². The predicted octanol–water partition coefficient (Wildman–Crippen LogP) is 3.33. The Labute approximate surface area is 132 Å². The zero-order valence-electron chi connectivity index (χ0n) is 12.6. The number of carbonyl (C=O) groups excluding carboxylic acids is 2. The number of nitrogens with zero attached hydrogens (tertiary/aromatic N) is 1. The summed E-state index contributed by atoms with van der Waals surface area (Å²) in [5.74, 6) is -3.81. The number of esters is 1. The monoisotopic (exact) mass is 319 g/mol. The molecule has 0 heterocycles. The van der Waals surface area contributed by atoms with E-state index in [-0.39, 0.29) is 24.6 Å². The third-order valence-electron chi connectivity index (χ3n) is 3.79. The standard InChI is InChI=1S/C17H15F2NO3/c1-2-23-17(22)11-7-6-10(8-11)12(9-20)16(21)15-13(18)4-3-5-14(15)19/h3-5,11H,2,6-8H2,1H3. The maximum absolute atomic E-state index is 13.7. The molecule has 2 rings (SSSR count). The predicted molar refractivity (Wildman–Crippen MR) is 77.3 cm³/mol. The van der Waals surface area contributed by atoms with Gasteiger partial charge >= 0.3 is 5.97 Å². The molecule has 0 spiro atoms. The quantitative estimate of drug-likeness (QED) is 0.369. The number of allylic oxidation sites excluding steroid dienone is 2. The molecule has 6 heteroatoms. The largest absolute Gasteiger partial charge is 0.466 e. The topological polar surface area (TPSA) is 67.2 Å². The Morgan fingerprint density at radius 2 is 2.00 bits per heavy atom. The summed E-state index contributed by atoms with van der Waals surface area (Å²) in [6.07, 6.45) is 1.00. The summed E-state index contributed by atoms with van der Waals surface area (Å²) in [5, 5.41) is 9.24. The molecule has 1 unspecified atom stereocenters. The van der Waals surface area contributed by atoms with Crippen LogP contribution in [0.1, 0.15) is 36.5 Å². The van der Waals surface area contributed by atoms with E-state index in [0.717, 1.165) is 18.2 Å². The summed E-state index contributed by atoms with van der Waals surface area (Å²) in [5.41, 5.74) is -0.588. The molecule has 1 aromatic carbocycles. The second kappa shape index (κ2) is 7.14. The number of rotatable bonds is 4. The van der Waals surface area contributed by atoms with Gasteiger partial charge in [0, 0.05) is 0 Å². The van der Waals surface area contributed by atoms with E-state index in [9.17, 15) is 23.6 Å². The Hall–Kier alpha value is -2.55. The van der Waals surface area contributed by atoms with Gasteiger partial charge in [-0.3, -0.25) is 9.59 Å². The molecule has 0 amide bonds. The Balaban J connectivity index is 2.32. The van der Waals surface area contributed by atoms with Crippen molar-refractivity contribution in [3.05, 3.63) is 46.5 Å². The molecule has 1 atom stereocenters. The van der Waals surface area contributed by atoms with Crippen molar-refractivity contribution >= 4 is 11.8 Å². The third-order valence-corrected chi connectivity index (χ3v) is 3.79. The molecular formula is C17H15F2NO3. The fourth-order valence-electron chi connectivity index (χ4n) is 2.67. The molecule has 120 valence electrons. The average Bonchev–Trinajstić information content (AvgIpc) is 2.98. The van der Waals surface area contributed by atoms with Crippen molar-refractivity contribution in [3.63, 3.8) is 0 Å². The summed E-state index contributed by atoms with van der Waals surface area (Å²) in [7, 11) is 0. The van der Waals surface area contributed by atoms with Crippen LogP contribution in [0.4, 0.5) is 8.78 Å². The van der Waals surface area contributed by atoms with E-state index in [0.29, 0.717) is 18.4 Å². The zero-order valence-corrected chi connectivity index (χ0v) is 12.6. The molecule has 0 saturated heterocycles. The van der Waals surface area contributed by atoms with Crippen LogP contribution in [-0.2, 0) is 9.53 Å². The van der Waals surface area contributed by atoms with Gasteiger partial charge in [-0.1, -0.05) is 6.07 Å². The highest BCUT2D eigenvalue weighted by molar-refractivity contribution is 6.12. The molecule has 0 radical (unpaired) electrons. The first kappa shape index (κ1) is 16.8. The van der Waals surface area contributed by atoms with Crippen LogP contribution in [0.3, 0.4) is 0 Å². The highest BCUT2D eigenvalue weighted by atomic mass is 19.1. The minimum absolute atomic E-state index is 0.198. The summed E-state index contributed by atoms with van der Waals surface area (Å²) in [6.45, 7) is 1.94. The Morgan fingerprint density at radius 1 is 1.35 bits per heavy atom. The van der Waals surface area contributed by atoms with Gasteiger partial charge < -0.3 is 4.74 Å². The van der Waals surface area contributed by atoms with Crippen LogP contribution >= 0.6 is 0 Å². The smallest absolute Gasteiger partial charge is 0.309 e. The molecule has 1 aromatic rings. The van der Waals surface area contributed by atoms with Crippen LogP contribution in [0.2, 0.25) is 0 Å². The van der Waals surface area contributed by atoms with Crippen molar-refractivity contribution in [3.8, 4) is 6.07 Å². The van der Waals surface area contributed by atoms with E-state index >= 15 is 0 Å². The molecule has 1 aliphatic carbocycles. The maximum atomic E-state index is 13.7. The number of benzene rings is 1. The van der Waals surface area contributed by atoms with Gasteiger partial charge in [-0.05, 0) is 43.9 Å². The molecule has 0 N–H and O–H groups in total. The molecular weight excluding hydrogens is 304 g/mol. The molecule has 0 bridgehead atoms. The van der Waals surface area contributed by atoms with Gasteiger partial charge in [0.15, 0.2) is 0 Å².